The van der Waals surface area contributed by atoms with Crippen LogP contribution in [0.15, 0.2) is 24.3 Å². The van der Waals surface area contributed by atoms with Crippen LogP contribution in [0.4, 0.5) is 5.69 Å². The van der Waals surface area contributed by atoms with E-state index >= 15 is 0 Å². The molecule has 1 heterocycles. The molecule has 1 aliphatic rings. The smallest absolute Gasteiger partial charge is 0.340 e. The van der Waals surface area contributed by atoms with E-state index in [-0.39, 0.29) is 51.9 Å². The number of carbonyl (C=O) groups excluding carboxylic acids is 1. The van der Waals surface area contributed by atoms with E-state index < -0.39 is 23.0 Å². The molecule has 0 aliphatic heterocycles. The van der Waals surface area contributed by atoms with E-state index in [0.717, 1.165) is 25.7 Å². The van der Waals surface area contributed by atoms with Gasteiger partial charge in [-0.15, -0.1) is 0 Å². The number of aromatic carboxylic acids is 1. The average molecular weight is 428 g/mol. The molecule has 1 unspecified atom stereocenters. The van der Waals surface area contributed by atoms with Crippen LogP contribution in [-0.4, -0.2) is 44.8 Å². The van der Waals surface area contributed by atoms with Gasteiger partial charge in [0.1, 0.15) is 6.61 Å². The third-order valence-electron chi connectivity index (χ3n) is 5.65. The van der Waals surface area contributed by atoms with Crippen molar-refractivity contribution in [2.75, 3.05) is 6.61 Å². The number of nitrogens with zero attached hydrogens (tertiary/aromatic N) is 2. The van der Waals surface area contributed by atoms with Crippen LogP contribution in [0, 0.1) is 29.9 Å². The molecular formula is C22H24N2O7. The number of esters is 1. The number of aromatic nitrogens is 1. The summed E-state index contributed by atoms with van der Waals surface area (Å²) in [6.07, 6.45) is 2.98. The van der Waals surface area contributed by atoms with Gasteiger partial charge in [-0.25, -0.2) is 9.59 Å². The molecule has 0 spiro atoms. The van der Waals surface area contributed by atoms with Gasteiger partial charge in [-0.1, -0.05) is 25.0 Å². The number of aliphatic hydroxyl groups is 1. The quantitative estimate of drug-likeness (QED) is 0.387. The molecular weight excluding hydrogens is 404 g/mol. The summed E-state index contributed by atoms with van der Waals surface area (Å²) < 4.78 is 5.34. The molecule has 31 heavy (non-hydrogen) atoms. The predicted octanol–water partition coefficient (Wildman–Crippen LogP) is 3.68. The summed E-state index contributed by atoms with van der Waals surface area (Å²) >= 11 is 0. The van der Waals surface area contributed by atoms with E-state index in [1.807, 2.05) is 0 Å². The number of carbonyl (C=O) groups is 2. The van der Waals surface area contributed by atoms with Crippen molar-refractivity contribution in [1.29, 1.82) is 0 Å². The Morgan fingerprint density at radius 2 is 1.87 bits per heavy atom. The van der Waals surface area contributed by atoms with E-state index in [9.17, 15) is 29.9 Å². The average Bonchev–Trinajstić information content (AvgIpc) is 3.26. The summed E-state index contributed by atoms with van der Waals surface area (Å²) in [5.41, 5.74) is 0.0805. The van der Waals surface area contributed by atoms with Gasteiger partial charge in [0.2, 0.25) is 0 Å². The summed E-state index contributed by atoms with van der Waals surface area (Å²) in [6.45, 7) is 2.83. The largest absolute Gasteiger partial charge is 0.478 e. The molecule has 0 bridgehead atoms. The van der Waals surface area contributed by atoms with Crippen molar-refractivity contribution in [3.8, 4) is 11.1 Å². The van der Waals surface area contributed by atoms with Crippen LogP contribution < -0.4 is 0 Å². The number of hydrogen-bond donors (Lipinski definition) is 2. The van der Waals surface area contributed by atoms with E-state index in [1.165, 1.54) is 31.2 Å². The number of benzene rings is 1. The molecule has 1 aliphatic carbocycles. The lowest BCUT2D eigenvalue weighted by Crippen LogP contribution is -2.26. The fourth-order valence-electron chi connectivity index (χ4n) is 4.14. The van der Waals surface area contributed by atoms with Crippen molar-refractivity contribution < 1.29 is 29.5 Å². The molecule has 0 saturated heterocycles. The van der Waals surface area contributed by atoms with Gasteiger partial charge in [-0.3, -0.25) is 15.1 Å². The van der Waals surface area contributed by atoms with Crippen LogP contribution in [0.2, 0.25) is 0 Å². The highest BCUT2D eigenvalue weighted by atomic mass is 16.6. The zero-order valence-corrected chi connectivity index (χ0v) is 17.3. The van der Waals surface area contributed by atoms with Crippen LogP contribution >= 0.6 is 0 Å². The van der Waals surface area contributed by atoms with Crippen LogP contribution in [-0.2, 0) is 4.74 Å². The number of nitro benzene ring substituents is 1. The lowest BCUT2D eigenvalue weighted by molar-refractivity contribution is -0.384. The van der Waals surface area contributed by atoms with Gasteiger partial charge in [-0.2, -0.15) is 0 Å². The number of carboxylic acids is 1. The summed E-state index contributed by atoms with van der Waals surface area (Å²) in [7, 11) is 0. The number of hydrogen-bond acceptors (Lipinski definition) is 7. The molecule has 0 amide bonds. The Labute approximate surface area is 178 Å². The maximum Gasteiger partial charge on any atom is 0.340 e. The molecule has 3 rings (SSSR count). The molecule has 1 atom stereocenters. The molecule has 164 valence electrons. The molecule has 9 heteroatoms. The Hall–Kier alpha value is -3.33. The number of aryl methyl sites for hydroxylation is 2. The van der Waals surface area contributed by atoms with Crippen LogP contribution in [0.5, 0.6) is 0 Å². The van der Waals surface area contributed by atoms with Crippen molar-refractivity contribution >= 4 is 17.6 Å². The van der Waals surface area contributed by atoms with Gasteiger partial charge in [-0.05, 0) is 38.2 Å². The van der Waals surface area contributed by atoms with Crippen LogP contribution in [0.1, 0.15) is 57.8 Å². The Balaban J connectivity index is 2.06. The number of carboxylic acid groups (broad SMARTS) is 1. The van der Waals surface area contributed by atoms with Gasteiger partial charge in [0.05, 0.1) is 33.5 Å². The molecule has 1 saturated carbocycles. The number of aliphatic hydroxyl groups excluding tert-OH is 1. The minimum Gasteiger partial charge on any atom is -0.478 e. The fraction of sp³-hybridized carbons (Fsp3) is 0.409. The van der Waals surface area contributed by atoms with E-state index in [1.54, 1.807) is 6.92 Å². The second kappa shape index (κ2) is 9.22. The molecule has 9 nitrogen and oxygen atoms in total. The Kier molecular flexibility index (Phi) is 6.65. The van der Waals surface area contributed by atoms with Crippen LogP contribution in [0.3, 0.4) is 0 Å². The predicted molar refractivity (Wildman–Crippen MR) is 111 cm³/mol. The first-order valence-corrected chi connectivity index (χ1v) is 10.0. The summed E-state index contributed by atoms with van der Waals surface area (Å²) in [6, 6.07) is 5.41. The topological polar surface area (TPSA) is 140 Å². The SMILES string of the molecule is Cc1nc(C)c(C(=O)OCC(O)C2CCCC2)c(-c2cccc([N+](=O)[O-])c2)c1C(=O)O. The first-order chi connectivity index (χ1) is 14.7. The van der Waals surface area contributed by atoms with Crippen molar-refractivity contribution in [3.63, 3.8) is 0 Å². The highest BCUT2D eigenvalue weighted by Crippen LogP contribution is 2.34. The molecule has 1 aromatic heterocycles. The van der Waals surface area contributed by atoms with Crippen molar-refractivity contribution in [2.24, 2.45) is 5.92 Å². The highest BCUT2D eigenvalue weighted by Gasteiger charge is 2.29. The molecule has 2 aromatic rings. The number of ether oxygens (including phenoxy) is 1. The number of nitro groups is 1. The first kappa shape index (κ1) is 22.4. The fourth-order valence-corrected chi connectivity index (χ4v) is 4.14. The maximum atomic E-state index is 13.0. The maximum absolute atomic E-state index is 13.0. The Morgan fingerprint density at radius 1 is 1.23 bits per heavy atom. The number of non-ortho nitro benzene ring substituents is 1. The Morgan fingerprint density at radius 3 is 2.48 bits per heavy atom. The first-order valence-electron chi connectivity index (χ1n) is 10.0. The van der Waals surface area contributed by atoms with Crippen molar-refractivity contribution in [1.82, 2.24) is 4.98 Å². The normalized spacial score (nSPS) is 14.9. The molecule has 0 radical (unpaired) electrons. The standard InChI is InChI=1S/C22H24N2O7/c1-12-18(21(26)27)20(15-8-5-9-16(10-15)24(29)30)19(13(2)23-12)22(28)31-11-17(25)14-6-3-4-7-14/h5,8-10,14,17,25H,3-4,6-7,11H2,1-2H3,(H,26,27). The second-order valence-electron chi connectivity index (χ2n) is 7.73. The van der Waals surface area contributed by atoms with Gasteiger partial charge < -0.3 is 14.9 Å². The number of pyridine rings is 1. The minimum absolute atomic E-state index is 0.0153. The van der Waals surface area contributed by atoms with Gasteiger partial charge >= 0.3 is 11.9 Å². The number of rotatable bonds is 7. The van der Waals surface area contributed by atoms with Crippen molar-refractivity contribution in [2.45, 2.75) is 45.6 Å². The van der Waals surface area contributed by atoms with Gasteiger partial charge in [0, 0.05) is 17.7 Å². The van der Waals surface area contributed by atoms with E-state index in [2.05, 4.69) is 4.98 Å². The monoisotopic (exact) mass is 428 g/mol. The lowest BCUT2D eigenvalue weighted by Gasteiger charge is -2.20. The zero-order valence-electron chi connectivity index (χ0n) is 17.3. The second-order valence-corrected chi connectivity index (χ2v) is 7.73. The van der Waals surface area contributed by atoms with Crippen molar-refractivity contribution in [3.05, 3.63) is 56.9 Å². The minimum atomic E-state index is -1.31. The molecule has 2 N–H and O–H groups in total. The Bertz CT molecular complexity index is 1030. The van der Waals surface area contributed by atoms with Gasteiger partial charge in [0.15, 0.2) is 0 Å². The van der Waals surface area contributed by atoms with Crippen LogP contribution in [0.25, 0.3) is 11.1 Å². The molecule has 1 fully saturated rings. The summed E-state index contributed by atoms with van der Waals surface area (Å²) in [5, 5.41) is 31.3. The third-order valence-corrected chi connectivity index (χ3v) is 5.65. The van der Waals surface area contributed by atoms with E-state index in [4.69, 9.17) is 4.74 Å². The lowest BCUT2D eigenvalue weighted by atomic mass is 9.92. The van der Waals surface area contributed by atoms with E-state index in [0.29, 0.717) is 0 Å². The van der Waals surface area contributed by atoms with Gasteiger partial charge in [0.25, 0.3) is 5.69 Å². The zero-order chi connectivity index (χ0) is 22.7. The highest BCUT2D eigenvalue weighted by molar-refractivity contribution is 6.06. The summed E-state index contributed by atoms with van der Waals surface area (Å²) in [5.74, 6) is -2.08. The third kappa shape index (κ3) is 4.72. The molecule has 1 aromatic carbocycles. The summed E-state index contributed by atoms with van der Waals surface area (Å²) in [4.78, 5) is 39.8.